The zero-order chi connectivity index (χ0) is 12.3. The minimum atomic E-state index is -0.440. The largest absolute Gasteiger partial charge is 0.447 e. The van der Waals surface area contributed by atoms with E-state index in [1.165, 1.54) is 0 Å². The molecular weight excluding hydrogens is 216 g/mol. The number of pyridine rings is 1. The van der Waals surface area contributed by atoms with Gasteiger partial charge in [0.05, 0.1) is 11.8 Å². The van der Waals surface area contributed by atoms with Gasteiger partial charge in [-0.25, -0.2) is 4.79 Å². The molecular formula is C13H14N2O2. The highest BCUT2D eigenvalue weighted by Gasteiger charge is 2.07. The van der Waals surface area contributed by atoms with Gasteiger partial charge in [0, 0.05) is 23.2 Å². The highest BCUT2D eigenvalue weighted by molar-refractivity contribution is 5.99. The van der Waals surface area contributed by atoms with Crippen LogP contribution in [0.1, 0.15) is 13.8 Å². The summed E-state index contributed by atoms with van der Waals surface area (Å²) in [4.78, 5) is 15.6. The van der Waals surface area contributed by atoms with Gasteiger partial charge in [0.1, 0.15) is 0 Å². The van der Waals surface area contributed by atoms with Gasteiger partial charge in [-0.15, -0.1) is 0 Å². The third-order valence-electron chi connectivity index (χ3n) is 2.26. The molecule has 2 rings (SSSR count). The summed E-state index contributed by atoms with van der Waals surface area (Å²) < 4.78 is 5.04. The van der Waals surface area contributed by atoms with Crippen LogP contribution in [0.5, 0.6) is 0 Å². The summed E-state index contributed by atoms with van der Waals surface area (Å²) in [6.45, 7) is 3.62. The average molecular weight is 230 g/mol. The Labute approximate surface area is 99.6 Å². The first-order valence-corrected chi connectivity index (χ1v) is 5.47. The van der Waals surface area contributed by atoms with Crippen LogP contribution in [0, 0.1) is 0 Å². The normalized spacial score (nSPS) is 10.5. The van der Waals surface area contributed by atoms with Gasteiger partial charge in [-0.2, -0.15) is 0 Å². The van der Waals surface area contributed by atoms with Crippen molar-refractivity contribution in [2.75, 3.05) is 5.32 Å². The van der Waals surface area contributed by atoms with Gasteiger partial charge in [0.25, 0.3) is 0 Å². The Balaban J connectivity index is 2.27. The number of aromatic nitrogens is 1. The molecule has 1 aromatic heterocycles. The molecule has 0 aliphatic rings. The van der Waals surface area contributed by atoms with E-state index in [1.807, 2.05) is 38.1 Å². The molecule has 88 valence electrons. The lowest BCUT2D eigenvalue weighted by atomic mass is 10.1. The van der Waals surface area contributed by atoms with Gasteiger partial charge < -0.3 is 4.74 Å². The molecule has 0 aliphatic heterocycles. The third kappa shape index (κ3) is 2.72. The lowest BCUT2D eigenvalue weighted by Gasteiger charge is -2.11. The van der Waals surface area contributed by atoms with Crippen LogP contribution in [0.15, 0.2) is 36.7 Å². The van der Waals surface area contributed by atoms with Crippen molar-refractivity contribution in [2.45, 2.75) is 20.0 Å². The van der Waals surface area contributed by atoms with Gasteiger partial charge >= 0.3 is 6.09 Å². The summed E-state index contributed by atoms with van der Waals surface area (Å²) in [5, 5.41) is 4.66. The van der Waals surface area contributed by atoms with Crippen molar-refractivity contribution in [2.24, 2.45) is 0 Å². The van der Waals surface area contributed by atoms with Crippen LogP contribution in [0.2, 0.25) is 0 Å². The first-order chi connectivity index (χ1) is 8.16. The number of hydrogen-bond acceptors (Lipinski definition) is 3. The second kappa shape index (κ2) is 4.82. The van der Waals surface area contributed by atoms with Gasteiger partial charge in [-0.3, -0.25) is 10.3 Å². The molecule has 0 unspecified atom stereocenters. The van der Waals surface area contributed by atoms with Crippen molar-refractivity contribution in [3.05, 3.63) is 36.7 Å². The van der Waals surface area contributed by atoms with E-state index >= 15 is 0 Å². The molecule has 0 bridgehead atoms. The SMILES string of the molecule is CC(C)OC(=O)Nc1cccc2cnccc12. The van der Waals surface area contributed by atoms with Crippen LogP contribution >= 0.6 is 0 Å². The molecule has 0 saturated carbocycles. The van der Waals surface area contributed by atoms with Gasteiger partial charge in [-0.1, -0.05) is 12.1 Å². The molecule has 2 aromatic rings. The molecule has 0 fully saturated rings. The fourth-order valence-electron chi connectivity index (χ4n) is 1.59. The molecule has 0 radical (unpaired) electrons. The van der Waals surface area contributed by atoms with E-state index in [9.17, 15) is 4.79 Å². The van der Waals surface area contributed by atoms with E-state index < -0.39 is 6.09 Å². The molecule has 0 spiro atoms. The molecule has 1 heterocycles. The first kappa shape index (κ1) is 11.4. The van der Waals surface area contributed by atoms with Crippen LogP contribution < -0.4 is 5.32 Å². The molecule has 17 heavy (non-hydrogen) atoms. The molecule has 1 amide bonds. The van der Waals surface area contributed by atoms with Crippen LogP contribution in [0.4, 0.5) is 10.5 Å². The topological polar surface area (TPSA) is 51.2 Å². The van der Waals surface area contributed by atoms with Crippen molar-refractivity contribution in [3.8, 4) is 0 Å². The maximum Gasteiger partial charge on any atom is 0.411 e. The number of hydrogen-bond donors (Lipinski definition) is 1. The van der Waals surface area contributed by atoms with Crippen LogP contribution in [0.25, 0.3) is 10.8 Å². The number of anilines is 1. The predicted molar refractivity (Wildman–Crippen MR) is 67.0 cm³/mol. The standard InChI is InChI=1S/C13H14N2O2/c1-9(2)17-13(16)15-12-5-3-4-10-8-14-7-6-11(10)12/h3-9H,1-2H3,(H,15,16). The molecule has 4 heteroatoms. The number of amides is 1. The molecule has 0 aliphatic carbocycles. The maximum absolute atomic E-state index is 11.5. The Morgan fingerprint density at radius 3 is 2.94 bits per heavy atom. The minimum Gasteiger partial charge on any atom is -0.447 e. The summed E-state index contributed by atoms with van der Waals surface area (Å²) in [7, 11) is 0. The second-order valence-corrected chi connectivity index (χ2v) is 3.98. The molecule has 0 atom stereocenters. The smallest absolute Gasteiger partial charge is 0.411 e. The van der Waals surface area contributed by atoms with Gasteiger partial charge in [0.2, 0.25) is 0 Å². The highest BCUT2D eigenvalue weighted by atomic mass is 16.6. The zero-order valence-corrected chi connectivity index (χ0v) is 9.81. The number of rotatable bonds is 2. The number of ether oxygens (including phenoxy) is 1. The Bertz CT molecular complexity index is 532. The Kier molecular flexibility index (Phi) is 3.23. The molecule has 0 saturated heterocycles. The fraction of sp³-hybridized carbons (Fsp3) is 0.231. The monoisotopic (exact) mass is 230 g/mol. The molecule has 4 nitrogen and oxygen atoms in total. The zero-order valence-electron chi connectivity index (χ0n) is 9.81. The van der Waals surface area contributed by atoms with E-state index in [-0.39, 0.29) is 6.10 Å². The number of nitrogens with zero attached hydrogens (tertiary/aromatic N) is 1. The van der Waals surface area contributed by atoms with Crippen molar-refractivity contribution >= 4 is 22.6 Å². The minimum absolute atomic E-state index is 0.133. The molecule has 1 aromatic carbocycles. The van der Waals surface area contributed by atoms with E-state index in [2.05, 4.69) is 10.3 Å². The van der Waals surface area contributed by atoms with E-state index in [4.69, 9.17) is 4.74 Å². The third-order valence-corrected chi connectivity index (χ3v) is 2.26. The van der Waals surface area contributed by atoms with Crippen LogP contribution in [0.3, 0.4) is 0 Å². The number of fused-ring (bicyclic) bond motifs is 1. The lowest BCUT2D eigenvalue weighted by Crippen LogP contribution is -2.18. The quantitative estimate of drug-likeness (QED) is 0.861. The van der Waals surface area contributed by atoms with Gasteiger partial charge in [-0.05, 0) is 26.0 Å². The van der Waals surface area contributed by atoms with Crippen molar-refractivity contribution < 1.29 is 9.53 Å². The second-order valence-electron chi connectivity index (χ2n) is 3.98. The summed E-state index contributed by atoms with van der Waals surface area (Å²) in [5.41, 5.74) is 0.732. The number of carbonyl (C=O) groups is 1. The van der Waals surface area contributed by atoms with E-state index in [1.54, 1.807) is 12.4 Å². The predicted octanol–water partition coefficient (Wildman–Crippen LogP) is 3.19. The first-order valence-electron chi connectivity index (χ1n) is 5.47. The van der Waals surface area contributed by atoms with E-state index in [0.717, 1.165) is 16.5 Å². The van der Waals surface area contributed by atoms with Gasteiger partial charge in [0.15, 0.2) is 0 Å². The summed E-state index contributed by atoms with van der Waals surface area (Å²) in [5.74, 6) is 0. The van der Waals surface area contributed by atoms with Crippen LogP contribution in [-0.4, -0.2) is 17.2 Å². The summed E-state index contributed by atoms with van der Waals surface area (Å²) in [6, 6.07) is 7.51. The molecule has 1 N–H and O–H groups in total. The Hall–Kier alpha value is -2.10. The average Bonchev–Trinajstić information content (AvgIpc) is 2.28. The Morgan fingerprint density at radius 2 is 2.18 bits per heavy atom. The highest BCUT2D eigenvalue weighted by Crippen LogP contribution is 2.22. The lowest BCUT2D eigenvalue weighted by molar-refractivity contribution is 0.130. The van der Waals surface area contributed by atoms with Crippen LogP contribution in [-0.2, 0) is 4.74 Å². The number of nitrogens with one attached hydrogen (secondary N) is 1. The number of carbonyl (C=O) groups excluding carboxylic acids is 1. The number of benzene rings is 1. The summed E-state index contributed by atoms with van der Waals surface area (Å²) in [6.07, 6.45) is 2.88. The van der Waals surface area contributed by atoms with Crippen molar-refractivity contribution in [1.29, 1.82) is 0 Å². The van der Waals surface area contributed by atoms with Crippen molar-refractivity contribution in [3.63, 3.8) is 0 Å². The van der Waals surface area contributed by atoms with E-state index in [0.29, 0.717) is 0 Å². The van der Waals surface area contributed by atoms with Crippen molar-refractivity contribution in [1.82, 2.24) is 4.98 Å². The fourth-order valence-corrected chi connectivity index (χ4v) is 1.59. The Morgan fingerprint density at radius 1 is 1.35 bits per heavy atom. The maximum atomic E-state index is 11.5. The summed E-state index contributed by atoms with van der Waals surface area (Å²) >= 11 is 0.